The van der Waals surface area contributed by atoms with Crippen LogP contribution < -0.4 is 10.6 Å². The zero-order valence-corrected chi connectivity index (χ0v) is 14.1. The van der Waals surface area contributed by atoms with E-state index in [0.29, 0.717) is 17.7 Å². The third-order valence-electron chi connectivity index (χ3n) is 3.41. The average molecular weight is 361 g/mol. The number of hydrogen-bond acceptors (Lipinski definition) is 4. The predicted molar refractivity (Wildman–Crippen MR) is 89.4 cm³/mol. The van der Waals surface area contributed by atoms with Gasteiger partial charge in [-0.1, -0.05) is 15.9 Å². The predicted octanol–water partition coefficient (Wildman–Crippen LogP) is 3.49. The number of aryl methyl sites for hydroxylation is 2. The second-order valence-electron chi connectivity index (χ2n) is 5.55. The van der Waals surface area contributed by atoms with Gasteiger partial charge in [0.2, 0.25) is 5.95 Å². The van der Waals surface area contributed by atoms with E-state index in [2.05, 4.69) is 36.5 Å². The normalized spacial score (nSPS) is 13.8. The number of rotatable bonds is 4. The molecule has 0 aliphatic heterocycles. The number of nitrogens with zero attached hydrogens (tertiary/aromatic N) is 2. The van der Waals surface area contributed by atoms with Crippen LogP contribution in [0, 0.1) is 13.8 Å². The maximum atomic E-state index is 12.1. The summed E-state index contributed by atoms with van der Waals surface area (Å²) in [6, 6.07) is 7.92. The number of nitrogens with one attached hydrogen (secondary N) is 2. The summed E-state index contributed by atoms with van der Waals surface area (Å²) in [5.74, 6) is 0.297. The van der Waals surface area contributed by atoms with Crippen LogP contribution in [0.25, 0.3) is 0 Å². The molecule has 0 bridgehead atoms. The molecule has 1 heterocycles. The molecule has 114 valence electrons. The Morgan fingerprint density at radius 1 is 1.23 bits per heavy atom. The van der Waals surface area contributed by atoms with Crippen LogP contribution in [0.5, 0.6) is 0 Å². The molecule has 1 amide bonds. The van der Waals surface area contributed by atoms with Gasteiger partial charge in [0.05, 0.1) is 0 Å². The molecule has 1 saturated carbocycles. The summed E-state index contributed by atoms with van der Waals surface area (Å²) < 4.78 is 1.05. The minimum Gasteiger partial charge on any atom is -0.348 e. The molecule has 2 aromatic rings. The van der Waals surface area contributed by atoms with Crippen molar-refractivity contribution in [3.8, 4) is 0 Å². The van der Waals surface area contributed by atoms with Gasteiger partial charge in [-0.3, -0.25) is 4.79 Å². The Balaban J connectivity index is 1.81. The van der Waals surface area contributed by atoms with E-state index in [9.17, 15) is 4.79 Å². The summed E-state index contributed by atoms with van der Waals surface area (Å²) in [6.07, 6.45) is 2.11. The number of benzene rings is 1. The van der Waals surface area contributed by atoms with E-state index in [-0.39, 0.29) is 5.91 Å². The highest BCUT2D eigenvalue weighted by atomic mass is 79.9. The fraction of sp³-hybridized carbons (Fsp3) is 0.312. The van der Waals surface area contributed by atoms with Gasteiger partial charge in [-0.25, -0.2) is 9.97 Å². The lowest BCUT2D eigenvalue weighted by Crippen LogP contribution is -2.26. The number of hydrogen-bond donors (Lipinski definition) is 2. The first kappa shape index (κ1) is 15.0. The van der Waals surface area contributed by atoms with Gasteiger partial charge in [0, 0.05) is 21.9 Å². The van der Waals surface area contributed by atoms with Crippen LogP contribution in [0.2, 0.25) is 0 Å². The summed E-state index contributed by atoms with van der Waals surface area (Å²) in [5, 5.41) is 6.10. The molecule has 0 radical (unpaired) electrons. The first-order valence-corrected chi connectivity index (χ1v) is 8.00. The van der Waals surface area contributed by atoms with Crippen LogP contribution in [0.4, 0.5) is 11.6 Å². The van der Waals surface area contributed by atoms with Gasteiger partial charge in [0.1, 0.15) is 5.69 Å². The Morgan fingerprint density at radius 3 is 2.68 bits per heavy atom. The van der Waals surface area contributed by atoms with Crippen molar-refractivity contribution in [3.05, 3.63) is 45.7 Å². The molecular formula is C16H17BrN4O. The number of halogens is 1. The first-order valence-electron chi connectivity index (χ1n) is 7.21. The fourth-order valence-corrected chi connectivity index (χ4v) is 2.33. The van der Waals surface area contributed by atoms with E-state index in [4.69, 9.17) is 0 Å². The van der Waals surface area contributed by atoms with Crippen LogP contribution in [0.1, 0.15) is 34.6 Å². The monoisotopic (exact) mass is 360 g/mol. The van der Waals surface area contributed by atoms with E-state index in [1.54, 1.807) is 6.07 Å². The highest BCUT2D eigenvalue weighted by molar-refractivity contribution is 9.10. The Kier molecular flexibility index (Phi) is 4.11. The van der Waals surface area contributed by atoms with Gasteiger partial charge in [0.15, 0.2) is 0 Å². The topological polar surface area (TPSA) is 66.9 Å². The van der Waals surface area contributed by atoms with Crippen molar-refractivity contribution in [1.82, 2.24) is 15.3 Å². The molecular weight excluding hydrogens is 344 g/mol. The van der Waals surface area contributed by atoms with Crippen molar-refractivity contribution in [2.45, 2.75) is 32.7 Å². The van der Waals surface area contributed by atoms with Crippen LogP contribution in [0.3, 0.4) is 0 Å². The molecule has 0 spiro atoms. The second-order valence-corrected chi connectivity index (χ2v) is 6.41. The summed E-state index contributed by atoms with van der Waals surface area (Å²) in [6.45, 7) is 3.87. The highest BCUT2D eigenvalue weighted by Gasteiger charge is 2.24. The van der Waals surface area contributed by atoms with Crippen LogP contribution in [0.15, 0.2) is 28.7 Å². The van der Waals surface area contributed by atoms with Gasteiger partial charge in [-0.05, 0) is 56.5 Å². The summed E-state index contributed by atoms with van der Waals surface area (Å²) >= 11 is 3.47. The molecule has 0 atom stereocenters. The molecule has 0 unspecified atom stereocenters. The third kappa shape index (κ3) is 3.62. The molecule has 22 heavy (non-hydrogen) atoms. The van der Waals surface area contributed by atoms with Crippen LogP contribution >= 0.6 is 15.9 Å². The molecule has 1 aromatic heterocycles. The molecule has 3 rings (SSSR count). The number of carbonyl (C=O) groups is 1. The summed E-state index contributed by atoms with van der Waals surface area (Å²) in [4.78, 5) is 20.8. The van der Waals surface area contributed by atoms with Gasteiger partial charge < -0.3 is 10.6 Å². The molecule has 1 aromatic carbocycles. The van der Waals surface area contributed by atoms with Crippen LogP contribution in [-0.2, 0) is 0 Å². The lowest BCUT2D eigenvalue weighted by atomic mass is 10.2. The maximum Gasteiger partial charge on any atom is 0.270 e. The largest absolute Gasteiger partial charge is 0.348 e. The maximum absolute atomic E-state index is 12.1. The number of amides is 1. The summed E-state index contributed by atoms with van der Waals surface area (Å²) in [5.41, 5.74) is 3.16. The average Bonchev–Trinajstić information content (AvgIpc) is 3.26. The Labute approximate surface area is 137 Å². The molecule has 6 heteroatoms. The smallest absolute Gasteiger partial charge is 0.270 e. The van der Waals surface area contributed by atoms with E-state index >= 15 is 0 Å². The Morgan fingerprint density at radius 2 is 2.00 bits per heavy atom. The highest BCUT2D eigenvalue weighted by Crippen LogP contribution is 2.22. The van der Waals surface area contributed by atoms with Crippen molar-refractivity contribution < 1.29 is 4.79 Å². The van der Waals surface area contributed by atoms with Crippen molar-refractivity contribution in [3.63, 3.8) is 0 Å². The summed E-state index contributed by atoms with van der Waals surface area (Å²) in [7, 11) is 0. The van der Waals surface area contributed by atoms with Crippen molar-refractivity contribution >= 4 is 33.5 Å². The van der Waals surface area contributed by atoms with Gasteiger partial charge >= 0.3 is 0 Å². The second kappa shape index (κ2) is 6.04. The van der Waals surface area contributed by atoms with E-state index < -0.39 is 0 Å². The third-order valence-corrected chi connectivity index (χ3v) is 4.30. The quantitative estimate of drug-likeness (QED) is 0.875. The van der Waals surface area contributed by atoms with E-state index in [0.717, 1.165) is 34.3 Å². The van der Waals surface area contributed by atoms with E-state index in [1.165, 1.54) is 0 Å². The van der Waals surface area contributed by atoms with Crippen molar-refractivity contribution in [1.29, 1.82) is 0 Å². The molecule has 1 aliphatic rings. The van der Waals surface area contributed by atoms with E-state index in [1.807, 2.05) is 32.0 Å². The zero-order chi connectivity index (χ0) is 15.7. The molecule has 1 fully saturated rings. The minimum atomic E-state index is -0.136. The molecule has 5 nitrogen and oxygen atoms in total. The zero-order valence-electron chi connectivity index (χ0n) is 12.5. The molecule has 0 saturated heterocycles. The minimum absolute atomic E-state index is 0.136. The van der Waals surface area contributed by atoms with Gasteiger partial charge in [-0.2, -0.15) is 0 Å². The number of aromatic nitrogens is 2. The first-order chi connectivity index (χ1) is 10.5. The van der Waals surface area contributed by atoms with Gasteiger partial charge in [0.25, 0.3) is 5.91 Å². The lowest BCUT2D eigenvalue weighted by molar-refractivity contribution is 0.0946. The molecule has 1 aliphatic carbocycles. The Hall–Kier alpha value is -1.95. The van der Waals surface area contributed by atoms with Crippen LogP contribution in [-0.4, -0.2) is 21.9 Å². The fourth-order valence-electron chi connectivity index (χ4n) is 2.08. The van der Waals surface area contributed by atoms with Gasteiger partial charge in [-0.15, -0.1) is 0 Å². The SMILES string of the molecule is Cc1cc(C(=O)NC2CC2)nc(Nc2ccc(Br)c(C)c2)n1. The van der Waals surface area contributed by atoms with Crippen molar-refractivity contribution in [2.75, 3.05) is 5.32 Å². The lowest BCUT2D eigenvalue weighted by Gasteiger charge is -2.09. The number of carbonyl (C=O) groups excluding carboxylic acids is 1. The number of anilines is 2. The molecule has 2 N–H and O–H groups in total. The Bertz CT molecular complexity index is 728. The standard InChI is InChI=1S/C16H17BrN4O/c1-9-7-12(5-6-13(9)17)20-16-18-10(2)8-14(21-16)15(22)19-11-3-4-11/h5-8,11H,3-4H2,1-2H3,(H,19,22)(H,18,20,21). The van der Waals surface area contributed by atoms with Crippen molar-refractivity contribution in [2.24, 2.45) is 0 Å².